The zero-order chi connectivity index (χ0) is 11.4. The molecule has 0 saturated heterocycles. The number of hydrogen-bond donors (Lipinski definition) is 1. The lowest BCUT2D eigenvalue weighted by Gasteiger charge is -2.06. The highest BCUT2D eigenvalue weighted by molar-refractivity contribution is 4.46. The number of quaternary nitrogens is 1. The zero-order valence-corrected chi connectivity index (χ0v) is 11.3. The molecule has 0 spiro atoms. The third-order valence-corrected chi connectivity index (χ3v) is 3.03. The van der Waals surface area contributed by atoms with E-state index in [1.807, 2.05) is 0 Å². The first-order valence-electron chi connectivity index (χ1n) is 7.06. The van der Waals surface area contributed by atoms with Gasteiger partial charge in [-0.2, -0.15) is 0 Å². The first kappa shape index (κ1) is 15.0. The summed E-state index contributed by atoms with van der Waals surface area (Å²) in [5.74, 6) is 0. The number of hydrogen-bond acceptors (Lipinski definition) is 0. The highest BCUT2D eigenvalue weighted by Crippen LogP contribution is 2.09. The van der Waals surface area contributed by atoms with Gasteiger partial charge in [-0.05, 0) is 12.8 Å². The monoisotopic (exact) mass is 214 g/mol. The van der Waals surface area contributed by atoms with Crippen LogP contribution in [0.25, 0.3) is 0 Å². The largest absolute Gasteiger partial charge is 0.340 e. The molecule has 1 heteroatoms. The van der Waals surface area contributed by atoms with Gasteiger partial charge in [0.2, 0.25) is 0 Å². The highest BCUT2D eigenvalue weighted by Gasteiger charge is 1.94. The van der Waals surface area contributed by atoms with Crippen molar-refractivity contribution < 1.29 is 4.90 Å². The summed E-state index contributed by atoms with van der Waals surface area (Å²) < 4.78 is 0. The molecule has 1 nitrogen and oxygen atoms in total. The van der Waals surface area contributed by atoms with Crippen LogP contribution in [0.4, 0.5) is 0 Å². The Bertz CT molecular complexity index is 110. The van der Waals surface area contributed by atoms with Gasteiger partial charge in [0.25, 0.3) is 0 Å². The van der Waals surface area contributed by atoms with Crippen molar-refractivity contribution in [2.45, 2.75) is 71.1 Å². The summed E-state index contributed by atoms with van der Waals surface area (Å²) in [7, 11) is 4.49. The van der Waals surface area contributed by atoms with E-state index in [4.69, 9.17) is 0 Å². The van der Waals surface area contributed by atoms with Crippen LogP contribution in [0.5, 0.6) is 0 Å². The highest BCUT2D eigenvalue weighted by atomic mass is 15.0. The van der Waals surface area contributed by atoms with E-state index in [1.165, 1.54) is 70.8 Å². The molecule has 92 valence electrons. The molecule has 0 aromatic rings. The minimum atomic E-state index is 1.34. The number of rotatable bonds is 11. The summed E-state index contributed by atoms with van der Waals surface area (Å²) in [6, 6.07) is 0. The second-order valence-corrected chi connectivity index (χ2v) is 5.14. The van der Waals surface area contributed by atoms with E-state index in [-0.39, 0.29) is 0 Å². The van der Waals surface area contributed by atoms with Gasteiger partial charge in [0.1, 0.15) is 0 Å². The van der Waals surface area contributed by atoms with Gasteiger partial charge in [-0.3, -0.25) is 0 Å². The minimum absolute atomic E-state index is 1.34. The molecule has 1 N–H and O–H groups in total. The fourth-order valence-electron chi connectivity index (χ4n) is 1.97. The molecule has 0 bridgehead atoms. The Hall–Kier alpha value is -0.0400. The van der Waals surface area contributed by atoms with Crippen molar-refractivity contribution in [2.24, 2.45) is 0 Å². The van der Waals surface area contributed by atoms with E-state index in [0.717, 1.165) is 0 Å². The molecule has 0 aliphatic carbocycles. The van der Waals surface area contributed by atoms with E-state index >= 15 is 0 Å². The van der Waals surface area contributed by atoms with E-state index in [2.05, 4.69) is 21.0 Å². The van der Waals surface area contributed by atoms with Crippen LogP contribution in [0.15, 0.2) is 0 Å². The van der Waals surface area contributed by atoms with Gasteiger partial charge >= 0.3 is 0 Å². The third kappa shape index (κ3) is 14.0. The predicted molar refractivity (Wildman–Crippen MR) is 69.5 cm³/mol. The summed E-state index contributed by atoms with van der Waals surface area (Å²) in [5.41, 5.74) is 0. The van der Waals surface area contributed by atoms with Crippen LogP contribution in [0, 0.1) is 0 Å². The van der Waals surface area contributed by atoms with E-state index in [9.17, 15) is 0 Å². The van der Waals surface area contributed by atoms with E-state index < -0.39 is 0 Å². The van der Waals surface area contributed by atoms with Crippen molar-refractivity contribution in [2.75, 3.05) is 20.6 Å². The second kappa shape index (κ2) is 12.0. The zero-order valence-electron chi connectivity index (χ0n) is 11.3. The van der Waals surface area contributed by atoms with Gasteiger partial charge in [-0.15, -0.1) is 0 Å². The Labute approximate surface area is 97.2 Å². The topological polar surface area (TPSA) is 4.44 Å². The Morgan fingerprint density at radius 1 is 0.600 bits per heavy atom. The van der Waals surface area contributed by atoms with Gasteiger partial charge < -0.3 is 4.90 Å². The SMILES string of the molecule is CCCCCCCCCCCC[NH+](C)C. The Kier molecular flexibility index (Phi) is 12.0. The standard InChI is InChI=1S/C14H31N/c1-4-5-6-7-8-9-10-11-12-13-14-15(2)3/h4-14H2,1-3H3/p+1. The lowest BCUT2D eigenvalue weighted by atomic mass is 10.1. The Balaban J connectivity index is 2.87. The van der Waals surface area contributed by atoms with Gasteiger partial charge in [0.05, 0.1) is 20.6 Å². The summed E-state index contributed by atoms with van der Waals surface area (Å²) >= 11 is 0. The van der Waals surface area contributed by atoms with Gasteiger partial charge in [-0.25, -0.2) is 0 Å². The van der Waals surface area contributed by atoms with Crippen molar-refractivity contribution in [3.05, 3.63) is 0 Å². The van der Waals surface area contributed by atoms with Crippen molar-refractivity contribution in [1.29, 1.82) is 0 Å². The maximum atomic E-state index is 2.28. The minimum Gasteiger partial charge on any atom is -0.340 e. The van der Waals surface area contributed by atoms with Crippen LogP contribution in [0.3, 0.4) is 0 Å². The third-order valence-electron chi connectivity index (χ3n) is 3.03. The van der Waals surface area contributed by atoms with Crippen molar-refractivity contribution in [1.82, 2.24) is 0 Å². The molecular formula is C14H32N+. The molecule has 0 aliphatic heterocycles. The van der Waals surface area contributed by atoms with Gasteiger partial charge in [0, 0.05) is 0 Å². The van der Waals surface area contributed by atoms with Crippen molar-refractivity contribution in [3.8, 4) is 0 Å². The molecule has 0 unspecified atom stereocenters. The summed E-state index contributed by atoms with van der Waals surface area (Å²) in [6.07, 6.45) is 14.5. The van der Waals surface area contributed by atoms with Gasteiger partial charge in [-0.1, -0.05) is 58.3 Å². The molecule has 0 rings (SSSR count). The van der Waals surface area contributed by atoms with Crippen molar-refractivity contribution in [3.63, 3.8) is 0 Å². The first-order valence-corrected chi connectivity index (χ1v) is 7.06. The molecule has 0 aromatic carbocycles. The number of nitrogens with one attached hydrogen (secondary N) is 1. The smallest absolute Gasteiger partial charge is 0.0766 e. The van der Waals surface area contributed by atoms with Crippen molar-refractivity contribution >= 4 is 0 Å². The fourth-order valence-corrected chi connectivity index (χ4v) is 1.97. The quantitative estimate of drug-likeness (QED) is 0.504. The van der Waals surface area contributed by atoms with Crippen LogP contribution in [0.2, 0.25) is 0 Å². The predicted octanol–water partition coefficient (Wildman–Crippen LogP) is 3.05. The molecule has 0 fully saturated rings. The van der Waals surface area contributed by atoms with Crippen LogP contribution in [-0.2, 0) is 0 Å². The van der Waals surface area contributed by atoms with Crippen LogP contribution >= 0.6 is 0 Å². The average Bonchev–Trinajstić information content (AvgIpc) is 2.20. The molecule has 15 heavy (non-hydrogen) atoms. The summed E-state index contributed by atoms with van der Waals surface area (Å²) in [4.78, 5) is 1.59. The molecule has 0 aliphatic rings. The molecule has 0 saturated carbocycles. The van der Waals surface area contributed by atoms with Gasteiger partial charge in [0.15, 0.2) is 0 Å². The Morgan fingerprint density at radius 3 is 1.40 bits per heavy atom. The first-order chi connectivity index (χ1) is 7.27. The van der Waals surface area contributed by atoms with Crippen LogP contribution in [0.1, 0.15) is 71.1 Å². The lowest BCUT2D eigenvalue weighted by Crippen LogP contribution is -3.05. The molecule has 0 aromatic heterocycles. The van der Waals surface area contributed by atoms with E-state index in [1.54, 1.807) is 4.90 Å². The molecule has 0 amide bonds. The molecule has 0 heterocycles. The van der Waals surface area contributed by atoms with E-state index in [0.29, 0.717) is 0 Å². The Morgan fingerprint density at radius 2 is 1.00 bits per heavy atom. The summed E-state index contributed by atoms with van der Waals surface area (Å²) in [5, 5.41) is 0. The number of unbranched alkanes of at least 4 members (excludes halogenated alkanes) is 9. The average molecular weight is 214 g/mol. The maximum Gasteiger partial charge on any atom is 0.0766 e. The molecule has 0 atom stereocenters. The van der Waals surface area contributed by atoms with Crippen LogP contribution < -0.4 is 4.90 Å². The molecular weight excluding hydrogens is 182 g/mol. The molecule has 0 radical (unpaired) electrons. The lowest BCUT2D eigenvalue weighted by molar-refractivity contribution is -0.858. The maximum absolute atomic E-state index is 2.28. The summed E-state index contributed by atoms with van der Waals surface area (Å²) in [6.45, 7) is 3.63. The normalized spacial score (nSPS) is 11.2. The second-order valence-electron chi connectivity index (χ2n) is 5.14. The van der Waals surface area contributed by atoms with Crippen LogP contribution in [-0.4, -0.2) is 20.6 Å². The fraction of sp³-hybridized carbons (Fsp3) is 1.00.